The highest BCUT2D eigenvalue weighted by Gasteiger charge is 2.41. The van der Waals surface area contributed by atoms with Crippen LogP contribution in [-0.2, 0) is 9.53 Å². The molecule has 40 heavy (non-hydrogen) atoms. The van der Waals surface area contributed by atoms with E-state index in [9.17, 15) is 9.59 Å². The Bertz CT molecular complexity index is 1520. The second-order valence-corrected chi connectivity index (χ2v) is 9.44. The molecule has 4 aromatic rings. The van der Waals surface area contributed by atoms with Gasteiger partial charge in [-0.1, -0.05) is 36.4 Å². The first-order chi connectivity index (χ1) is 19.5. The molecular formula is C30H28N4O5S. The van der Waals surface area contributed by atoms with Gasteiger partial charge in [-0.25, -0.2) is 4.79 Å². The van der Waals surface area contributed by atoms with Crippen LogP contribution >= 0.6 is 12.2 Å². The second-order valence-electron chi connectivity index (χ2n) is 9.06. The maximum atomic E-state index is 12.9. The first-order valence-corrected chi connectivity index (χ1v) is 13.1. The molecule has 0 bridgehead atoms. The number of nitrogens with one attached hydrogen (secondary N) is 2. The van der Waals surface area contributed by atoms with Gasteiger partial charge in [0.25, 0.3) is 0 Å². The molecule has 204 valence electrons. The minimum absolute atomic E-state index is 0.171. The van der Waals surface area contributed by atoms with Crippen molar-refractivity contribution < 1.29 is 23.5 Å². The molecule has 3 heterocycles. The van der Waals surface area contributed by atoms with Gasteiger partial charge in [-0.05, 0) is 54.7 Å². The Kier molecular flexibility index (Phi) is 8.07. The van der Waals surface area contributed by atoms with Gasteiger partial charge in [0.15, 0.2) is 5.11 Å². The minimum Gasteiger partial charge on any atom is -0.495 e. The fourth-order valence-corrected chi connectivity index (χ4v) is 5.11. The summed E-state index contributed by atoms with van der Waals surface area (Å²) in [6.07, 6.45) is 1.89. The molecule has 1 aliphatic rings. The highest BCUT2D eigenvalue weighted by atomic mass is 32.1. The lowest BCUT2D eigenvalue weighted by molar-refractivity contribution is -0.116. The average molecular weight is 557 g/mol. The van der Waals surface area contributed by atoms with Gasteiger partial charge in [0.05, 0.1) is 37.2 Å². The maximum Gasteiger partial charge on any atom is 0.338 e. The van der Waals surface area contributed by atoms with Crippen LogP contribution in [0, 0.1) is 0 Å². The number of rotatable bonds is 9. The smallest absolute Gasteiger partial charge is 0.338 e. The van der Waals surface area contributed by atoms with Crippen LogP contribution in [0.2, 0.25) is 0 Å². The quantitative estimate of drug-likeness (QED) is 0.214. The predicted octanol–water partition coefficient (Wildman–Crippen LogP) is 5.14. The number of pyridine rings is 1. The van der Waals surface area contributed by atoms with Crippen LogP contribution in [0.5, 0.6) is 5.75 Å². The van der Waals surface area contributed by atoms with Gasteiger partial charge in [-0.2, -0.15) is 0 Å². The molecule has 2 aromatic heterocycles. The molecule has 1 aliphatic heterocycles. The third kappa shape index (κ3) is 5.52. The number of hydrogen-bond acceptors (Lipinski definition) is 7. The van der Waals surface area contributed by atoms with Crippen molar-refractivity contribution in [2.75, 3.05) is 26.1 Å². The van der Waals surface area contributed by atoms with E-state index in [-0.39, 0.29) is 24.4 Å². The Hall–Kier alpha value is -4.70. The van der Waals surface area contributed by atoms with E-state index < -0.39 is 5.97 Å². The number of esters is 1. The number of furan rings is 1. The number of methoxy groups -OCH3 is 2. The topological polar surface area (TPSA) is 106 Å². The lowest BCUT2D eigenvalue weighted by Crippen LogP contribution is -2.32. The summed E-state index contributed by atoms with van der Waals surface area (Å²) >= 11 is 5.72. The Morgan fingerprint density at radius 1 is 1.02 bits per heavy atom. The molecule has 0 radical (unpaired) electrons. The largest absolute Gasteiger partial charge is 0.495 e. The molecule has 0 spiro atoms. The highest BCUT2D eigenvalue weighted by molar-refractivity contribution is 7.80. The summed E-state index contributed by atoms with van der Waals surface area (Å²) in [5.41, 5.74) is 2.40. The maximum absolute atomic E-state index is 12.9. The molecule has 2 atom stereocenters. The molecule has 9 nitrogen and oxygen atoms in total. The number of anilines is 1. The number of hydrogen-bond donors (Lipinski definition) is 2. The summed E-state index contributed by atoms with van der Waals surface area (Å²) in [5, 5.41) is 6.75. The van der Waals surface area contributed by atoms with E-state index >= 15 is 0 Å². The van der Waals surface area contributed by atoms with Crippen molar-refractivity contribution in [2.45, 2.75) is 18.5 Å². The van der Waals surface area contributed by atoms with Crippen molar-refractivity contribution in [3.05, 3.63) is 102 Å². The molecule has 1 amide bonds. The van der Waals surface area contributed by atoms with Gasteiger partial charge in [0.2, 0.25) is 5.91 Å². The predicted molar refractivity (Wildman–Crippen MR) is 154 cm³/mol. The van der Waals surface area contributed by atoms with E-state index in [1.54, 1.807) is 37.6 Å². The molecule has 0 saturated carbocycles. The van der Waals surface area contributed by atoms with Crippen LogP contribution in [0.25, 0.3) is 11.3 Å². The average Bonchev–Trinajstić information content (AvgIpc) is 3.60. The molecule has 1 fully saturated rings. The van der Waals surface area contributed by atoms with Crippen molar-refractivity contribution in [2.24, 2.45) is 0 Å². The van der Waals surface area contributed by atoms with E-state index in [2.05, 4.69) is 15.6 Å². The van der Waals surface area contributed by atoms with Gasteiger partial charge < -0.3 is 29.4 Å². The van der Waals surface area contributed by atoms with Gasteiger partial charge in [-0.3, -0.25) is 9.78 Å². The number of benzene rings is 2. The van der Waals surface area contributed by atoms with Gasteiger partial charge in [0, 0.05) is 24.7 Å². The summed E-state index contributed by atoms with van der Waals surface area (Å²) in [6.45, 7) is 0.329. The van der Waals surface area contributed by atoms with Gasteiger partial charge in [0.1, 0.15) is 23.3 Å². The zero-order valence-corrected chi connectivity index (χ0v) is 22.8. The molecular weight excluding hydrogens is 528 g/mol. The van der Waals surface area contributed by atoms with Crippen LogP contribution in [0.4, 0.5) is 5.69 Å². The summed E-state index contributed by atoms with van der Waals surface area (Å²) < 4.78 is 16.7. The van der Waals surface area contributed by atoms with Crippen molar-refractivity contribution in [1.29, 1.82) is 0 Å². The molecule has 10 heteroatoms. The van der Waals surface area contributed by atoms with Crippen LogP contribution in [0.1, 0.15) is 40.3 Å². The standard InChI is InChI=1S/C30H28N4O5S/c1-37-24-13-6-5-11-21(24)32-26(35)16-18-34-28(27(33-30(34)40)22-12-7-8-17-31-22)25-15-14-23(39-25)19-9-3-4-10-20(19)29(36)38-2/h3-15,17,27-28H,16,18H2,1-2H3,(H,32,35)(H,33,40). The molecule has 1 saturated heterocycles. The van der Waals surface area contributed by atoms with Crippen LogP contribution in [0.3, 0.4) is 0 Å². The van der Waals surface area contributed by atoms with Crippen molar-refractivity contribution >= 4 is 34.9 Å². The molecule has 0 aliphatic carbocycles. The summed E-state index contributed by atoms with van der Waals surface area (Å²) in [6, 6.07) is 23.0. The number of para-hydroxylation sites is 2. The Balaban J connectivity index is 1.43. The Labute approximate surface area is 237 Å². The number of carbonyl (C=O) groups excluding carboxylic acids is 2. The first-order valence-electron chi connectivity index (χ1n) is 12.7. The number of carbonyl (C=O) groups is 2. The van der Waals surface area contributed by atoms with Crippen LogP contribution in [-0.4, -0.2) is 47.6 Å². The number of aromatic nitrogens is 1. The fourth-order valence-electron chi connectivity index (χ4n) is 4.78. The number of nitrogens with zero attached hydrogens (tertiary/aromatic N) is 2. The van der Waals surface area contributed by atoms with Crippen LogP contribution < -0.4 is 15.4 Å². The second kappa shape index (κ2) is 12.0. The molecule has 5 rings (SSSR count). The zero-order valence-electron chi connectivity index (χ0n) is 22.0. The first kappa shape index (κ1) is 26.9. The van der Waals surface area contributed by atoms with E-state index in [0.29, 0.717) is 45.7 Å². The normalized spacial score (nSPS) is 16.4. The molecule has 2 N–H and O–H groups in total. The number of ether oxygens (including phenoxy) is 2. The Morgan fingerprint density at radius 2 is 1.80 bits per heavy atom. The van der Waals surface area contributed by atoms with Crippen molar-refractivity contribution in [3.8, 4) is 17.1 Å². The highest BCUT2D eigenvalue weighted by Crippen LogP contribution is 2.41. The van der Waals surface area contributed by atoms with Crippen molar-refractivity contribution in [1.82, 2.24) is 15.2 Å². The molecule has 2 unspecified atom stereocenters. The summed E-state index contributed by atoms with van der Waals surface area (Å²) in [5.74, 6) is 1.08. The summed E-state index contributed by atoms with van der Waals surface area (Å²) in [4.78, 5) is 31.8. The molecule has 2 aromatic carbocycles. The SMILES string of the molecule is COC(=O)c1ccccc1-c1ccc(C2C(c3ccccn3)NC(=S)N2CCC(=O)Nc2ccccc2OC)o1. The third-order valence-electron chi connectivity index (χ3n) is 6.67. The lowest BCUT2D eigenvalue weighted by Gasteiger charge is -2.26. The van der Waals surface area contributed by atoms with E-state index in [1.807, 2.05) is 59.5 Å². The van der Waals surface area contributed by atoms with Crippen LogP contribution in [0.15, 0.2) is 89.5 Å². The fraction of sp³-hybridized carbons (Fsp3) is 0.200. The van der Waals surface area contributed by atoms with E-state index in [0.717, 1.165) is 5.69 Å². The third-order valence-corrected chi connectivity index (χ3v) is 7.03. The van der Waals surface area contributed by atoms with Gasteiger partial charge >= 0.3 is 5.97 Å². The van der Waals surface area contributed by atoms with Gasteiger partial charge in [-0.15, -0.1) is 0 Å². The Morgan fingerprint density at radius 3 is 2.58 bits per heavy atom. The zero-order chi connectivity index (χ0) is 28.1. The summed E-state index contributed by atoms with van der Waals surface area (Å²) in [7, 11) is 2.90. The monoisotopic (exact) mass is 556 g/mol. The minimum atomic E-state index is -0.452. The van der Waals surface area contributed by atoms with Crippen molar-refractivity contribution in [3.63, 3.8) is 0 Å². The number of thiocarbonyl (C=S) groups is 1. The number of amides is 1. The van der Waals surface area contributed by atoms with E-state index in [4.69, 9.17) is 26.1 Å². The lowest BCUT2D eigenvalue weighted by atomic mass is 10.0. The van der Waals surface area contributed by atoms with E-state index in [1.165, 1.54) is 7.11 Å².